The van der Waals surface area contributed by atoms with Crippen molar-refractivity contribution in [1.82, 2.24) is 5.48 Å². The van der Waals surface area contributed by atoms with E-state index in [4.69, 9.17) is 5.73 Å². The van der Waals surface area contributed by atoms with E-state index in [1.807, 2.05) is 13.8 Å². The van der Waals surface area contributed by atoms with Gasteiger partial charge in [0.15, 0.2) is 6.61 Å². The molecule has 2 amide bonds. The largest absolute Gasteiger partial charge is 0.368 e. The third kappa shape index (κ3) is 8.81. The number of hydrogen-bond acceptors (Lipinski definition) is 3. The van der Waals surface area contributed by atoms with Crippen LogP contribution in [-0.2, 0) is 14.4 Å². The summed E-state index contributed by atoms with van der Waals surface area (Å²) < 4.78 is 0. The maximum atomic E-state index is 10.9. The highest BCUT2D eigenvalue weighted by atomic mass is 16.7. The Bertz CT molecular complexity index is 180. The van der Waals surface area contributed by atoms with Crippen molar-refractivity contribution in [2.45, 2.75) is 26.7 Å². The summed E-state index contributed by atoms with van der Waals surface area (Å²) in [6, 6.07) is 0. The minimum absolute atomic E-state index is 0.227. The average Bonchev–Trinajstić information content (AvgIpc) is 2.00. The van der Waals surface area contributed by atoms with Crippen molar-refractivity contribution < 1.29 is 14.4 Å². The number of carbonyl (C=O) groups is 2. The maximum absolute atomic E-state index is 10.9. The van der Waals surface area contributed by atoms with Crippen LogP contribution in [0.3, 0.4) is 0 Å². The van der Waals surface area contributed by atoms with Crippen LogP contribution in [0.15, 0.2) is 0 Å². The number of nitrogens with one attached hydrogen (secondary N) is 1. The zero-order valence-corrected chi connectivity index (χ0v) is 8.00. The maximum Gasteiger partial charge on any atom is 0.246 e. The van der Waals surface area contributed by atoms with E-state index in [-0.39, 0.29) is 12.5 Å². The van der Waals surface area contributed by atoms with E-state index in [1.165, 1.54) is 0 Å². The zero-order chi connectivity index (χ0) is 10.3. The first kappa shape index (κ1) is 11.9. The second kappa shape index (κ2) is 6.42. The van der Waals surface area contributed by atoms with Crippen molar-refractivity contribution in [3.05, 3.63) is 0 Å². The summed E-state index contributed by atoms with van der Waals surface area (Å²) in [4.78, 5) is 25.6. The molecular formula is C8H16N2O3. The molecule has 0 spiro atoms. The lowest BCUT2D eigenvalue weighted by Crippen LogP contribution is -2.29. The van der Waals surface area contributed by atoms with Gasteiger partial charge < -0.3 is 5.73 Å². The van der Waals surface area contributed by atoms with Gasteiger partial charge in [-0.05, 0) is 12.3 Å². The molecule has 0 saturated carbocycles. The summed E-state index contributed by atoms with van der Waals surface area (Å²) in [6.45, 7) is 3.77. The predicted octanol–water partition coefficient (Wildman–Crippen LogP) is -0.0443. The molecule has 0 bridgehead atoms. The summed E-state index contributed by atoms with van der Waals surface area (Å²) in [7, 11) is 0. The van der Waals surface area contributed by atoms with Crippen LogP contribution in [0.1, 0.15) is 26.7 Å². The summed E-state index contributed by atoms with van der Waals surface area (Å²) in [5, 5.41) is 0. The molecule has 0 rings (SSSR count). The normalized spacial score (nSPS) is 10.1. The van der Waals surface area contributed by atoms with Crippen molar-refractivity contribution in [1.29, 1.82) is 0 Å². The number of hydrogen-bond donors (Lipinski definition) is 2. The molecule has 0 aromatic heterocycles. The Labute approximate surface area is 77.6 Å². The molecule has 0 unspecified atom stereocenters. The number of amides is 2. The number of carbonyl (C=O) groups excluding carboxylic acids is 2. The van der Waals surface area contributed by atoms with Gasteiger partial charge in [0.1, 0.15) is 0 Å². The second-order valence-electron chi connectivity index (χ2n) is 3.21. The topological polar surface area (TPSA) is 81.4 Å². The Morgan fingerprint density at radius 3 is 2.54 bits per heavy atom. The van der Waals surface area contributed by atoms with Crippen molar-refractivity contribution in [3.8, 4) is 0 Å². The molecule has 0 atom stereocenters. The van der Waals surface area contributed by atoms with E-state index in [0.717, 1.165) is 6.42 Å². The van der Waals surface area contributed by atoms with Gasteiger partial charge in [0.25, 0.3) is 0 Å². The highest BCUT2D eigenvalue weighted by molar-refractivity contribution is 5.76. The minimum Gasteiger partial charge on any atom is -0.368 e. The van der Waals surface area contributed by atoms with Gasteiger partial charge in [0, 0.05) is 6.42 Å². The third-order valence-corrected chi connectivity index (χ3v) is 1.35. The number of nitrogens with two attached hydrogens (primary N) is 1. The highest BCUT2D eigenvalue weighted by Crippen LogP contribution is 2.02. The van der Waals surface area contributed by atoms with Crippen LogP contribution in [0, 0.1) is 5.92 Å². The van der Waals surface area contributed by atoms with Crippen LogP contribution in [0.25, 0.3) is 0 Å². The molecule has 0 aliphatic carbocycles. The summed E-state index contributed by atoms with van der Waals surface area (Å²) in [5.41, 5.74) is 6.92. The molecule has 76 valence electrons. The molecular weight excluding hydrogens is 172 g/mol. The lowest BCUT2D eigenvalue weighted by atomic mass is 10.1. The van der Waals surface area contributed by atoms with Gasteiger partial charge in [-0.2, -0.15) is 0 Å². The van der Waals surface area contributed by atoms with E-state index >= 15 is 0 Å². The summed E-state index contributed by atoms with van der Waals surface area (Å²) >= 11 is 0. The Morgan fingerprint density at radius 1 is 1.46 bits per heavy atom. The Hall–Kier alpha value is -1.10. The zero-order valence-electron chi connectivity index (χ0n) is 8.00. The predicted molar refractivity (Wildman–Crippen MR) is 47.4 cm³/mol. The summed E-state index contributed by atoms with van der Waals surface area (Å²) in [5.74, 6) is -0.360. The van der Waals surface area contributed by atoms with E-state index in [0.29, 0.717) is 12.3 Å². The molecule has 5 heteroatoms. The van der Waals surface area contributed by atoms with Gasteiger partial charge in [-0.3, -0.25) is 14.4 Å². The van der Waals surface area contributed by atoms with E-state index in [9.17, 15) is 9.59 Å². The minimum atomic E-state index is -0.607. The molecule has 0 heterocycles. The lowest BCUT2D eigenvalue weighted by Gasteiger charge is -2.05. The fraction of sp³-hybridized carbons (Fsp3) is 0.750. The van der Waals surface area contributed by atoms with Gasteiger partial charge in [-0.15, -0.1) is 0 Å². The van der Waals surface area contributed by atoms with E-state index < -0.39 is 5.91 Å². The van der Waals surface area contributed by atoms with E-state index in [1.54, 1.807) is 0 Å². The fourth-order valence-corrected chi connectivity index (χ4v) is 0.659. The van der Waals surface area contributed by atoms with Crippen molar-refractivity contribution >= 4 is 11.8 Å². The van der Waals surface area contributed by atoms with Crippen LogP contribution in [0.2, 0.25) is 0 Å². The quantitative estimate of drug-likeness (QED) is 0.574. The van der Waals surface area contributed by atoms with Crippen LogP contribution >= 0.6 is 0 Å². The smallest absolute Gasteiger partial charge is 0.246 e. The Kier molecular flexibility index (Phi) is 5.88. The van der Waals surface area contributed by atoms with Crippen LogP contribution in [0.4, 0.5) is 0 Å². The molecule has 13 heavy (non-hydrogen) atoms. The number of primary amides is 1. The molecule has 0 saturated heterocycles. The highest BCUT2D eigenvalue weighted by Gasteiger charge is 2.03. The second-order valence-corrected chi connectivity index (χ2v) is 3.21. The van der Waals surface area contributed by atoms with Gasteiger partial charge >= 0.3 is 0 Å². The molecule has 5 nitrogen and oxygen atoms in total. The number of rotatable bonds is 6. The molecule has 0 aliphatic heterocycles. The van der Waals surface area contributed by atoms with Crippen molar-refractivity contribution in [2.24, 2.45) is 11.7 Å². The molecule has 0 fully saturated rings. The molecule has 0 aliphatic rings. The van der Waals surface area contributed by atoms with Gasteiger partial charge in [0.05, 0.1) is 0 Å². The Balaban J connectivity index is 3.35. The standard InChI is InChI=1S/C8H16N2O3/c1-6(2)3-4-8(12)10-13-5-7(9)11/h6H,3-5H2,1-2H3,(H2,9,11)(H,10,12). The van der Waals surface area contributed by atoms with Crippen LogP contribution < -0.4 is 11.2 Å². The van der Waals surface area contributed by atoms with Crippen molar-refractivity contribution in [3.63, 3.8) is 0 Å². The van der Waals surface area contributed by atoms with E-state index in [2.05, 4.69) is 10.3 Å². The number of hydroxylamine groups is 1. The third-order valence-electron chi connectivity index (χ3n) is 1.35. The Morgan fingerprint density at radius 2 is 2.08 bits per heavy atom. The van der Waals surface area contributed by atoms with Crippen molar-refractivity contribution in [2.75, 3.05) is 6.61 Å². The SMILES string of the molecule is CC(C)CCC(=O)NOCC(N)=O. The fourth-order valence-electron chi connectivity index (χ4n) is 0.659. The van der Waals surface area contributed by atoms with Crippen LogP contribution in [-0.4, -0.2) is 18.4 Å². The van der Waals surface area contributed by atoms with Gasteiger partial charge in [0.2, 0.25) is 11.8 Å². The first-order valence-corrected chi connectivity index (χ1v) is 4.21. The van der Waals surface area contributed by atoms with Gasteiger partial charge in [-0.25, -0.2) is 5.48 Å². The lowest BCUT2D eigenvalue weighted by molar-refractivity contribution is -0.138. The van der Waals surface area contributed by atoms with Crippen LogP contribution in [0.5, 0.6) is 0 Å². The monoisotopic (exact) mass is 188 g/mol. The average molecular weight is 188 g/mol. The molecule has 3 N–H and O–H groups in total. The molecule has 0 aromatic carbocycles. The first-order valence-electron chi connectivity index (χ1n) is 4.21. The molecule has 0 aromatic rings. The summed E-state index contributed by atoms with van der Waals surface area (Å²) in [6.07, 6.45) is 1.20. The van der Waals surface area contributed by atoms with Gasteiger partial charge in [-0.1, -0.05) is 13.8 Å². The molecule has 0 radical (unpaired) electrons. The first-order chi connectivity index (χ1) is 6.02.